The minimum Gasteiger partial charge on any atom is -0.456 e. The van der Waals surface area contributed by atoms with Gasteiger partial charge in [-0.3, -0.25) is 0 Å². The van der Waals surface area contributed by atoms with Gasteiger partial charge in [0, 0.05) is 47.3 Å². The van der Waals surface area contributed by atoms with Crippen LogP contribution in [0.4, 0.5) is 0 Å². The molecular weight excluding hydrogens is 665 g/mol. The van der Waals surface area contributed by atoms with E-state index in [1.165, 1.54) is 0 Å². The average Bonchev–Trinajstić information content (AvgIpc) is 3.98. The Morgan fingerprint density at radius 3 is 1.74 bits per heavy atom. The van der Waals surface area contributed by atoms with Crippen molar-refractivity contribution in [3.63, 3.8) is 0 Å². The first-order valence-corrected chi connectivity index (χ1v) is 18.2. The number of fused-ring (bicyclic) bond motifs is 11. The second-order valence-corrected chi connectivity index (χ2v) is 14.4. The molecule has 3 aromatic heterocycles. The molecular formula is C50H28O2S. The van der Waals surface area contributed by atoms with Crippen molar-refractivity contribution in [2.45, 2.75) is 0 Å². The number of rotatable bonds is 3. The highest BCUT2D eigenvalue weighted by atomic mass is 32.1. The molecule has 3 heteroatoms. The lowest BCUT2D eigenvalue weighted by molar-refractivity contribution is 0.668. The summed E-state index contributed by atoms with van der Waals surface area (Å²) in [6.45, 7) is 0. The standard InChI is InChI=1S/C50H28O2S/c1-3-15-36-34(13-1)47(30-22-26-46-41(28-30)33-12-7-10-20-45(33)53-46)35-14-2-4-16-37(35)48(36)39-24-23-31(50-49(39)38-17-6-9-19-43(38)52-50)29-21-25-44-40(27-29)32-11-5-8-18-42(32)51-44/h1-28H/i1D,2D,3D,4D,13D,14D,15D,16D. The van der Waals surface area contributed by atoms with E-state index >= 15 is 0 Å². The van der Waals surface area contributed by atoms with Crippen LogP contribution in [0.1, 0.15) is 11.0 Å². The largest absolute Gasteiger partial charge is 0.456 e. The van der Waals surface area contributed by atoms with Crippen LogP contribution in [0.15, 0.2) is 179 Å². The average molecular weight is 701 g/mol. The predicted molar refractivity (Wildman–Crippen MR) is 225 cm³/mol. The van der Waals surface area contributed by atoms with Crippen molar-refractivity contribution in [1.29, 1.82) is 0 Å². The van der Waals surface area contributed by atoms with Gasteiger partial charge in [0.15, 0.2) is 0 Å². The quantitative estimate of drug-likeness (QED) is 0.172. The van der Waals surface area contributed by atoms with Gasteiger partial charge in [-0.05, 0) is 97.9 Å². The molecule has 3 heterocycles. The van der Waals surface area contributed by atoms with Gasteiger partial charge in [-0.25, -0.2) is 0 Å². The lowest BCUT2D eigenvalue weighted by Gasteiger charge is -2.19. The Kier molecular flexibility index (Phi) is 4.59. The Bertz CT molecular complexity index is 3850. The number of thiophene rings is 1. The summed E-state index contributed by atoms with van der Waals surface area (Å²) in [5, 5.41) is 5.90. The molecule has 0 atom stereocenters. The summed E-state index contributed by atoms with van der Waals surface area (Å²) < 4.78 is 89.2. The molecule has 0 spiro atoms. The number of hydrogen-bond donors (Lipinski definition) is 0. The van der Waals surface area contributed by atoms with Crippen LogP contribution >= 0.6 is 11.3 Å². The third kappa shape index (κ3) is 4.14. The first-order valence-electron chi connectivity index (χ1n) is 21.3. The molecule has 0 aliphatic heterocycles. The highest BCUT2D eigenvalue weighted by Gasteiger charge is 2.23. The van der Waals surface area contributed by atoms with E-state index in [-0.39, 0.29) is 51.3 Å². The Morgan fingerprint density at radius 2 is 0.962 bits per heavy atom. The number of benzene rings is 9. The molecule has 0 fully saturated rings. The minimum atomic E-state index is -0.449. The maximum atomic E-state index is 9.61. The van der Waals surface area contributed by atoms with Crippen LogP contribution < -0.4 is 0 Å². The molecule has 0 saturated carbocycles. The molecule has 246 valence electrons. The molecule has 0 aliphatic carbocycles. The van der Waals surface area contributed by atoms with E-state index < -0.39 is 24.2 Å². The zero-order valence-corrected chi connectivity index (χ0v) is 28.6. The molecule has 12 rings (SSSR count). The first kappa shape index (κ1) is 22.3. The molecule has 0 radical (unpaired) electrons. The van der Waals surface area contributed by atoms with E-state index in [9.17, 15) is 5.48 Å². The monoisotopic (exact) mass is 700 g/mol. The van der Waals surface area contributed by atoms with E-state index in [1.807, 2.05) is 109 Å². The van der Waals surface area contributed by atoms with E-state index in [0.29, 0.717) is 33.2 Å². The zero-order chi connectivity index (χ0) is 41.6. The number of para-hydroxylation sites is 2. The highest BCUT2D eigenvalue weighted by molar-refractivity contribution is 7.25. The van der Waals surface area contributed by atoms with Crippen molar-refractivity contribution in [3.05, 3.63) is 170 Å². The van der Waals surface area contributed by atoms with Gasteiger partial charge in [0.25, 0.3) is 0 Å². The van der Waals surface area contributed by atoms with Crippen molar-refractivity contribution in [1.82, 2.24) is 0 Å². The number of furan rings is 2. The maximum absolute atomic E-state index is 9.61. The summed E-state index contributed by atoms with van der Waals surface area (Å²) in [4.78, 5) is 0. The van der Waals surface area contributed by atoms with Crippen LogP contribution in [0, 0.1) is 0 Å². The van der Waals surface area contributed by atoms with Gasteiger partial charge in [-0.15, -0.1) is 11.3 Å². The van der Waals surface area contributed by atoms with Crippen LogP contribution in [0.3, 0.4) is 0 Å². The molecule has 0 amide bonds. The number of hydrogen-bond acceptors (Lipinski definition) is 3. The predicted octanol–water partition coefficient (Wildman–Crippen LogP) is 15.2. The second kappa shape index (κ2) is 10.9. The summed E-state index contributed by atoms with van der Waals surface area (Å²) in [6.07, 6.45) is 0. The van der Waals surface area contributed by atoms with Gasteiger partial charge in [0.1, 0.15) is 22.3 Å². The summed E-state index contributed by atoms with van der Waals surface area (Å²) in [5.41, 5.74) is 5.93. The van der Waals surface area contributed by atoms with Crippen LogP contribution in [0.5, 0.6) is 0 Å². The van der Waals surface area contributed by atoms with Gasteiger partial charge in [0.05, 0.1) is 11.0 Å². The van der Waals surface area contributed by atoms with E-state index in [4.69, 9.17) is 14.3 Å². The molecule has 0 aliphatic rings. The Morgan fingerprint density at radius 1 is 0.396 bits per heavy atom. The van der Waals surface area contributed by atoms with Crippen molar-refractivity contribution in [3.8, 4) is 33.4 Å². The lowest BCUT2D eigenvalue weighted by atomic mass is 9.84. The summed E-state index contributed by atoms with van der Waals surface area (Å²) in [5.74, 6) is 0. The van der Waals surface area contributed by atoms with Gasteiger partial charge in [-0.1, -0.05) is 121 Å². The molecule has 0 saturated heterocycles. The smallest absolute Gasteiger partial charge is 0.143 e. The molecule has 12 aromatic rings. The zero-order valence-electron chi connectivity index (χ0n) is 35.8. The highest BCUT2D eigenvalue weighted by Crippen LogP contribution is 2.49. The molecule has 0 N–H and O–H groups in total. The fourth-order valence-corrected chi connectivity index (χ4v) is 9.31. The molecule has 53 heavy (non-hydrogen) atoms. The normalized spacial score (nSPS) is 14.3. The van der Waals surface area contributed by atoms with Crippen molar-refractivity contribution < 1.29 is 19.8 Å². The van der Waals surface area contributed by atoms with Gasteiger partial charge < -0.3 is 8.83 Å². The summed E-state index contributed by atoms with van der Waals surface area (Å²) >= 11 is 1.64. The van der Waals surface area contributed by atoms with Crippen LogP contribution in [-0.4, -0.2) is 0 Å². The fourth-order valence-electron chi connectivity index (χ4n) is 8.22. The first-order chi connectivity index (χ1) is 29.6. The topological polar surface area (TPSA) is 26.3 Å². The van der Waals surface area contributed by atoms with Crippen molar-refractivity contribution in [2.75, 3.05) is 0 Å². The lowest BCUT2D eigenvalue weighted by Crippen LogP contribution is -1.92. The fraction of sp³-hybridized carbons (Fsp3) is 0. The Balaban J connectivity index is 1.27. The SMILES string of the molecule is [2H]c1c([2H])c([2H])c2c(-c3ccc(-c4ccc5oc6ccccc6c5c4)c4oc5ccccc5c34)c3c([2H])c([2H])c([2H])c([2H])c3c(-c3ccc4sc5ccccc5c4c3)c2c1[2H]. The second-order valence-electron chi connectivity index (χ2n) is 13.3. The van der Waals surface area contributed by atoms with Gasteiger partial charge >= 0.3 is 0 Å². The third-order valence-corrected chi connectivity index (χ3v) is 11.7. The van der Waals surface area contributed by atoms with Gasteiger partial charge in [-0.2, -0.15) is 0 Å². The van der Waals surface area contributed by atoms with Crippen LogP contribution in [-0.2, 0) is 0 Å². The Hall–Kier alpha value is -6.68. The molecule has 9 aromatic carbocycles. The van der Waals surface area contributed by atoms with Crippen molar-refractivity contribution in [2.24, 2.45) is 0 Å². The molecule has 0 bridgehead atoms. The van der Waals surface area contributed by atoms with E-state index in [2.05, 4.69) is 12.1 Å². The molecule has 0 unspecified atom stereocenters. The Labute approximate surface area is 319 Å². The minimum absolute atomic E-state index is 0.152. The summed E-state index contributed by atoms with van der Waals surface area (Å²) in [6, 6.07) is 36.1. The van der Waals surface area contributed by atoms with Crippen LogP contribution in [0.25, 0.3) is 119 Å². The van der Waals surface area contributed by atoms with E-state index in [1.54, 1.807) is 11.3 Å². The van der Waals surface area contributed by atoms with Crippen LogP contribution in [0.2, 0.25) is 0 Å². The van der Waals surface area contributed by atoms with E-state index in [0.717, 1.165) is 58.6 Å². The van der Waals surface area contributed by atoms with Crippen molar-refractivity contribution >= 4 is 96.9 Å². The molecule has 2 nitrogen and oxygen atoms in total. The summed E-state index contributed by atoms with van der Waals surface area (Å²) in [7, 11) is 0. The third-order valence-electron chi connectivity index (χ3n) is 10.5. The maximum Gasteiger partial charge on any atom is 0.143 e. The van der Waals surface area contributed by atoms with Gasteiger partial charge in [0.2, 0.25) is 0 Å².